The monoisotopic (exact) mass is 352 g/mol. The van der Waals surface area contributed by atoms with Crippen molar-refractivity contribution in [3.05, 3.63) is 53.2 Å². The van der Waals surface area contributed by atoms with Gasteiger partial charge in [-0.25, -0.2) is 4.98 Å². The predicted molar refractivity (Wildman–Crippen MR) is 89.0 cm³/mol. The molecule has 0 unspecified atom stereocenters. The molecule has 0 saturated carbocycles. The number of rotatable bonds is 5. The third-order valence-corrected chi connectivity index (χ3v) is 4.75. The maximum atomic E-state index is 12.8. The van der Waals surface area contributed by atoms with Crippen LogP contribution in [0.3, 0.4) is 0 Å². The number of benzene rings is 1. The SMILES string of the molecule is Cc1nc(CN2CCC[C@H](CCc3cccc(C(F)(F)F)c3)C2)co1. The van der Waals surface area contributed by atoms with Crippen LogP contribution < -0.4 is 0 Å². The molecule has 0 bridgehead atoms. The number of aryl methyl sites for hydroxylation is 2. The first-order chi connectivity index (χ1) is 11.9. The lowest BCUT2D eigenvalue weighted by atomic mass is 9.91. The second-order valence-electron chi connectivity index (χ2n) is 6.84. The van der Waals surface area contributed by atoms with Crippen LogP contribution in [0, 0.1) is 12.8 Å². The van der Waals surface area contributed by atoms with E-state index in [1.54, 1.807) is 12.3 Å². The lowest BCUT2D eigenvalue weighted by Gasteiger charge is -2.32. The average Bonchev–Trinajstić information content (AvgIpc) is 2.98. The van der Waals surface area contributed by atoms with E-state index >= 15 is 0 Å². The van der Waals surface area contributed by atoms with Gasteiger partial charge in [0.05, 0.1) is 11.3 Å². The van der Waals surface area contributed by atoms with Gasteiger partial charge in [0.25, 0.3) is 0 Å². The van der Waals surface area contributed by atoms with Gasteiger partial charge in [0, 0.05) is 20.0 Å². The molecule has 0 amide bonds. The Morgan fingerprint density at radius 3 is 2.88 bits per heavy atom. The van der Waals surface area contributed by atoms with Crippen molar-refractivity contribution in [1.82, 2.24) is 9.88 Å². The van der Waals surface area contributed by atoms with E-state index in [-0.39, 0.29) is 0 Å². The van der Waals surface area contributed by atoms with Gasteiger partial charge in [-0.3, -0.25) is 4.90 Å². The van der Waals surface area contributed by atoms with Crippen LogP contribution >= 0.6 is 0 Å². The molecule has 3 nitrogen and oxygen atoms in total. The van der Waals surface area contributed by atoms with Gasteiger partial charge in [0.1, 0.15) is 6.26 Å². The summed E-state index contributed by atoms with van der Waals surface area (Å²) in [5.41, 5.74) is 1.15. The fourth-order valence-corrected chi connectivity index (χ4v) is 3.51. The summed E-state index contributed by atoms with van der Waals surface area (Å²) in [6.07, 6.45) is 1.27. The van der Waals surface area contributed by atoms with Gasteiger partial charge in [0.2, 0.25) is 0 Å². The smallest absolute Gasteiger partial charge is 0.416 e. The van der Waals surface area contributed by atoms with E-state index in [1.165, 1.54) is 12.1 Å². The molecule has 6 heteroatoms. The highest BCUT2D eigenvalue weighted by atomic mass is 19.4. The van der Waals surface area contributed by atoms with E-state index in [9.17, 15) is 13.2 Å². The molecular weight excluding hydrogens is 329 g/mol. The minimum absolute atomic E-state index is 0.510. The third-order valence-electron chi connectivity index (χ3n) is 4.75. The summed E-state index contributed by atoms with van der Waals surface area (Å²) >= 11 is 0. The summed E-state index contributed by atoms with van der Waals surface area (Å²) in [7, 11) is 0. The Bertz CT molecular complexity index is 696. The molecule has 1 fully saturated rings. The number of nitrogens with zero attached hydrogens (tertiary/aromatic N) is 2. The number of halogens is 3. The van der Waals surface area contributed by atoms with Gasteiger partial charge in [-0.15, -0.1) is 0 Å². The Morgan fingerprint density at radius 2 is 2.16 bits per heavy atom. The predicted octanol–water partition coefficient (Wildman–Crippen LogP) is 4.85. The molecule has 1 aromatic carbocycles. The van der Waals surface area contributed by atoms with Gasteiger partial charge in [-0.1, -0.05) is 18.2 Å². The van der Waals surface area contributed by atoms with Gasteiger partial charge >= 0.3 is 6.18 Å². The summed E-state index contributed by atoms with van der Waals surface area (Å²) in [6.45, 7) is 4.60. The molecule has 0 spiro atoms. The van der Waals surface area contributed by atoms with E-state index in [0.717, 1.165) is 56.2 Å². The van der Waals surface area contributed by atoms with E-state index < -0.39 is 11.7 Å². The highest BCUT2D eigenvalue weighted by Crippen LogP contribution is 2.30. The molecule has 3 rings (SSSR count). The van der Waals surface area contributed by atoms with E-state index in [2.05, 4.69) is 9.88 Å². The van der Waals surface area contributed by atoms with Crippen LogP contribution in [0.25, 0.3) is 0 Å². The molecule has 25 heavy (non-hydrogen) atoms. The van der Waals surface area contributed by atoms with Crippen LogP contribution in [0.2, 0.25) is 0 Å². The Hall–Kier alpha value is -1.82. The topological polar surface area (TPSA) is 29.3 Å². The number of piperidine rings is 1. The molecule has 2 heterocycles. The summed E-state index contributed by atoms with van der Waals surface area (Å²) in [5, 5.41) is 0. The number of alkyl halides is 3. The molecular formula is C19H23F3N2O. The molecule has 1 aliphatic heterocycles. The van der Waals surface area contributed by atoms with Crippen LogP contribution in [0.1, 0.15) is 42.0 Å². The van der Waals surface area contributed by atoms with Gasteiger partial charge in [-0.2, -0.15) is 13.2 Å². The normalized spacial score (nSPS) is 19.3. The fraction of sp³-hybridized carbons (Fsp3) is 0.526. The van der Waals surface area contributed by atoms with Crippen LogP contribution in [-0.4, -0.2) is 23.0 Å². The zero-order valence-corrected chi connectivity index (χ0v) is 14.4. The zero-order chi connectivity index (χ0) is 17.9. The van der Waals surface area contributed by atoms with E-state index in [4.69, 9.17) is 4.42 Å². The maximum Gasteiger partial charge on any atom is 0.416 e. The van der Waals surface area contributed by atoms with Crippen molar-refractivity contribution in [2.45, 2.75) is 45.3 Å². The number of aromatic nitrogens is 1. The third kappa shape index (κ3) is 5.08. The molecule has 0 aliphatic carbocycles. The summed E-state index contributed by atoms with van der Waals surface area (Å²) in [6, 6.07) is 5.69. The van der Waals surface area contributed by atoms with Gasteiger partial charge in [-0.05, 0) is 49.8 Å². The van der Waals surface area contributed by atoms with Crippen LogP contribution in [0.4, 0.5) is 13.2 Å². The molecule has 1 saturated heterocycles. The summed E-state index contributed by atoms with van der Waals surface area (Å²) in [5.74, 6) is 1.18. The van der Waals surface area contributed by atoms with Crippen molar-refractivity contribution in [3.63, 3.8) is 0 Å². The van der Waals surface area contributed by atoms with Crippen molar-refractivity contribution >= 4 is 0 Å². The van der Waals surface area contributed by atoms with Crippen LogP contribution in [0.5, 0.6) is 0 Å². The minimum atomic E-state index is -4.27. The van der Waals surface area contributed by atoms with Crippen molar-refractivity contribution in [2.24, 2.45) is 5.92 Å². The lowest BCUT2D eigenvalue weighted by molar-refractivity contribution is -0.137. The van der Waals surface area contributed by atoms with Crippen LogP contribution in [-0.2, 0) is 19.1 Å². The van der Waals surface area contributed by atoms with Gasteiger partial charge < -0.3 is 4.42 Å². The van der Waals surface area contributed by atoms with Gasteiger partial charge in [0.15, 0.2) is 5.89 Å². The molecule has 0 N–H and O–H groups in total. The van der Waals surface area contributed by atoms with E-state index in [0.29, 0.717) is 18.2 Å². The van der Waals surface area contributed by atoms with Crippen LogP contribution in [0.15, 0.2) is 34.9 Å². The largest absolute Gasteiger partial charge is 0.449 e. The highest BCUT2D eigenvalue weighted by molar-refractivity contribution is 5.25. The fourth-order valence-electron chi connectivity index (χ4n) is 3.51. The second-order valence-corrected chi connectivity index (χ2v) is 6.84. The first kappa shape index (κ1) is 18.0. The number of hydrogen-bond donors (Lipinski definition) is 0. The number of hydrogen-bond acceptors (Lipinski definition) is 3. The highest BCUT2D eigenvalue weighted by Gasteiger charge is 2.30. The molecule has 2 aromatic rings. The Labute approximate surface area is 145 Å². The summed E-state index contributed by atoms with van der Waals surface area (Å²) < 4.78 is 43.7. The molecule has 1 aliphatic rings. The number of likely N-dealkylation sites (tertiary alicyclic amines) is 1. The molecule has 0 radical (unpaired) electrons. The maximum absolute atomic E-state index is 12.8. The Balaban J connectivity index is 1.53. The quantitative estimate of drug-likeness (QED) is 0.771. The molecule has 136 valence electrons. The standard InChI is InChI=1S/C19H23F3N2O/c1-14-23-18(13-25-14)12-24-9-3-5-16(11-24)8-7-15-4-2-6-17(10-15)19(20,21)22/h2,4,6,10,13,16H,3,5,7-9,11-12H2,1H3/t16-/m1/s1. The van der Waals surface area contributed by atoms with Crippen molar-refractivity contribution in [1.29, 1.82) is 0 Å². The van der Waals surface area contributed by atoms with Crippen molar-refractivity contribution < 1.29 is 17.6 Å². The van der Waals surface area contributed by atoms with Crippen molar-refractivity contribution in [2.75, 3.05) is 13.1 Å². The molecule has 1 atom stereocenters. The number of oxazole rings is 1. The van der Waals surface area contributed by atoms with E-state index in [1.807, 2.05) is 6.92 Å². The summed E-state index contributed by atoms with van der Waals surface area (Å²) in [4.78, 5) is 6.70. The minimum Gasteiger partial charge on any atom is -0.449 e. The Morgan fingerprint density at radius 1 is 1.32 bits per heavy atom. The lowest BCUT2D eigenvalue weighted by Crippen LogP contribution is -2.35. The van der Waals surface area contributed by atoms with Crippen molar-refractivity contribution in [3.8, 4) is 0 Å². The Kier molecular flexibility index (Phi) is 5.47. The molecule has 1 aromatic heterocycles. The first-order valence-electron chi connectivity index (χ1n) is 8.69. The second kappa shape index (κ2) is 7.60. The first-order valence-corrected chi connectivity index (χ1v) is 8.69. The average molecular weight is 352 g/mol. The zero-order valence-electron chi connectivity index (χ0n) is 14.4.